The van der Waals surface area contributed by atoms with Gasteiger partial charge < -0.3 is 0 Å². The molecule has 2 heterocycles. The first-order valence-electron chi connectivity index (χ1n) is 18.9. The van der Waals surface area contributed by atoms with E-state index in [9.17, 15) is 26.3 Å². The van der Waals surface area contributed by atoms with Gasteiger partial charge in [-0.1, -0.05) is 57.4 Å². The van der Waals surface area contributed by atoms with Crippen LogP contribution in [-0.2, 0) is 12.8 Å². The Balaban J connectivity index is 0.000000198. The van der Waals surface area contributed by atoms with E-state index in [2.05, 4.69) is 23.8 Å². The first-order chi connectivity index (χ1) is 24.7. The molecule has 2 nitrogen and oxygen atoms in total. The molecule has 51 heavy (non-hydrogen) atoms. The van der Waals surface area contributed by atoms with Crippen LogP contribution in [-0.4, -0.2) is 9.97 Å². The molecule has 8 heteroatoms. The Bertz CT molecular complexity index is 1710. The summed E-state index contributed by atoms with van der Waals surface area (Å²) in [6.07, 6.45) is 13.8. The molecule has 2 saturated carbocycles. The number of hydrogen-bond donors (Lipinski definition) is 0. The van der Waals surface area contributed by atoms with Crippen molar-refractivity contribution in [1.82, 2.24) is 9.97 Å². The van der Waals surface area contributed by atoms with Gasteiger partial charge in [-0.05, 0) is 159 Å². The van der Waals surface area contributed by atoms with E-state index in [1.165, 1.54) is 30.7 Å². The largest absolute Gasteiger partial charge is 0.218 e. The van der Waals surface area contributed by atoms with E-state index < -0.39 is 23.8 Å². The lowest BCUT2D eigenvalue weighted by Gasteiger charge is -2.29. The van der Waals surface area contributed by atoms with Crippen LogP contribution in [0.15, 0.2) is 60.7 Å². The average Bonchev–Trinajstić information content (AvgIpc) is 3.12. The molecule has 0 radical (unpaired) electrons. The number of aryl methyl sites for hydroxylation is 2. The lowest BCUT2D eigenvalue weighted by atomic mass is 9.76. The molecule has 0 atom stereocenters. The lowest BCUT2D eigenvalue weighted by molar-refractivity contribution is 0.374. The summed E-state index contributed by atoms with van der Waals surface area (Å²) < 4.78 is 82.7. The minimum atomic E-state index is -0.792. The maximum atomic E-state index is 14.6. The van der Waals surface area contributed by atoms with Crippen LogP contribution in [0.2, 0.25) is 0 Å². The molecule has 4 aromatic rings. The van der Waals surface area contributed by atoms with Gasteiger partial charge >= 0.3 is 0 Å². The van der Waals surface area contributed by atoms with Crippen molar-refractivity contribution >= 4 is 0 Å². The third-order valence-electron chi connectivity index (χ3n) is 10.9. The monoisotopic (exact) mass is 708 g/mol. The number of rotatable bonds is 11. The number of aromatic nitrogens is 2. The molecular weight excluding hydrogens is 658 g/mol. The van der Waals surface area contributed by atoms with E-state index >= 15 is 0 Å². The fourth-order valence-electron chi connectivity index (χ4n) is 7.96. The first kappa shape index (κ1) is 38.5. The summed E-state index contributed by atoms with van der Waals surface area (Å²) >= 11 is 0. The van der Waals surface area contributed by atoms with Crippen molar-refractivity contribution in [3.63, 3.8) is 0 Å². The van der Waals surface area contributed by atoms with Crippen molar-refractivity contribution < 1.29 is 26.3 Å². The van der Waals surface area contributed by atoms with Crippen LogP contribution in [0.1, 0.15) is 154 Å². The van der Waals surface area contributed by atoms with Gasteiger partial charge in [0.05, 0.1) is 0 Å². The zero-order chi connectivity index (χ0) is 36.3. The Morgan fingerprint density at radius 3 is 1.16 bits per heavy atom. The fourth-order valence-corrected chi connectivity index (χ4v) is 7.96. The van der Waals surface area contributed by atoms with Gasteiger partial charge in [-0.15, -0.1) is 0 Å². The molecule has 0 N–H and O–H groups in total. The van der Waals surface area contributed by atoms with Crippen LogP contribution in [0.5, 0.6) is 0 Å². The quantitative estimate of drug-likeness (QED) is 0.0881. The van der Waals surface area contributed by atoms with E-state index in [-0.39, 0.29) is 35.3 Å². The second-order valence-corrected chi connectivity index (χ2v) is 14.4. The van der Waals surface area contributed by atoms with Gasteiger partial charge in [0, 0.05) is 11.1 Å². The van der Waals surface area contributed by atoms with Crippen LogP contribution < -0.4 is 0 Å². The third-order valence-corrected chi connectivity index (χ3v) is 10.9. The standard InChI is InChI=1S/C22H26F3N.C21H24F3N/c1-2-3-4-5-15-6-11-18(20(23)14-15)16-7-9-17(10-8-16)19-12-13-21(24)26-22(19)25;1-2-3-4-14-5-10-17(19(22)13-14)15-6-8-16(9-7-15)18-11-12-20(23)25-21(18)24/h6,11-14,16-17H,2-5,7-10H2,1H3;5,10-13,15-16H,2-4,6-9H2,1H3/t16-,17-;15-,16-. The Morgan fingerprint density at radius 1 is 0.451 bits per heavy atom. The summed E-state index contributed by atoms with van der Waals surface area (Å²) in [7, 11) is 0. The zero-order valence-corrected chi connectivity index (χ0v) is 29.9. The SMILES string of the molecule is CCCCCc1ccc([C@H]2CC[C@H](c3ccc(F)nc3F)CC2)c(F)c1.CCCCc1ccc([C@H]2CC[C@H](c3ccc(F)nc3F)CC2)c(F)c1. The molecule has 2 aliphatic rings. The molecule has 0 bridgehead atoms. The molecule has 2 aromatic carbocycles. The van der Waals surface area contributed by atoms with E-state index in [1.807, 2.05) is 24.3 Å². The first-order valence-corrected chi connectivity index (χ1v) is 18.9. The number of nitrogens with zero attached hydrogens (tertiary/aromatic N) is 2. The van der Waals surface area contributed by atoms with Gasteiger partial charge in [0.25, 0.3) is 0 Å². The van der Waals surface area contributed by atoms with Gasteiger partial charge in [0.2, 0.25) is 23.8 Å². The maximum Gasteiger partial charge on any atom is 0.218 e. The van der Waals surface area contributed by atoms with Gasteiger partial charge in [0.15, 0.2) is 0 Å². The summed E-state index contributed by atoms with van der Waals surface area (Å²) in [5.74, 6) is -2.82. The van der Waals surface area contributed by atoms with E-state index in [0.717, 1.165) is 112 Å². The van der Waals surface area contributed by atoms with E-state index in [4.69, 9.17) is 0 Å². The summed E-state index contributed by atoms with van der Waals surface area (Å²) in [5, 5.41) is 0. The lowest BCUT2D eigenvalue weighted by Crippen LogP contribution is -2.15. The van der Waals surface area contributed by atoms with Crippen molar-refractivity contribution in [2.24, 2.45) is 0 Å². The topological polar surface area (TPSA) is 25.8 Å². The van der Waals surface area contributed by atoms with Gasteiger partial charge in [-0.3, -0.25) is 0 Å². The summed E-state index contributed by atoms with van der Waals surface area (Å²) in [6, 6.07) is 16.7. The summed E-state index contributed by atoms with van der Waals surface area (Å²) in [4.78, 5) is 6.57. The van der Waals surface area contributed by atoms with Gasteiger partial charge in [-0.25, -0.2) is 8.78 Å². The highest BCUT2D eigenvalue weighted by Crippen LogP contribution is 2.43. The van der Waals surface area contributed by atoms with Gasteiger partial charge in [0.1, 0.15) is 11.6 Å². The summed E-state index contributed by atoms with van der Waals surface area (Å²) in [6.45, 7) is 4.29. The minimum Gasteiger partial charge on any atom is -0.207 e. The molecule has 0 saturated heterocycles. The predicted octanol–water partition coefficient (Wildman–Crippen LogP) is 13.0. The number of halogens is 6. The third kappa shape index (κ3) is 10.4. The molecule has 2 aliphatic carbocycles. The molecule has 0 aliphatic heterocycles. The molecular formula is C43H50F6N2. The number of benzene rings is 2. The van der Waals surface area contributed by atoms with Crippen molar-refractivity contribution in [1.29, 1.82) is 0 Å². The van der Waals surface area contributed by atoms with Crippen molar-refractivity contribution in [2.45, 2.75) is 134 Å². The van der Waals surface area contributed by atoms with Crippen LogP contribution in [0.3, 0.4) is 0 Å². The molecule has 0 unspecified atom stereocenters. The highest BCUT2D eigenvalue weighted by Gasteiger charge is 2.29. The molecule has 274 valence electrons. The highest BCUT2D eigenvalue weighted by molar-refractivity contribution is 5.30. The number of pyridine rings is 2. The number of unbranched alkanes of at least 4 members (excludes halogenated alkanes) is 3. The maximum absolute atomic E-state index is 14.6. The highest BCUT2D eigenvalue weighted by atomic mass is 19.2. The Labute approximate surface area is 299 Å². The van der Waals surface area contributed by atoms with Crippen LogP contribution in [0.25, 0.3) is 0 Å². The molecule has 2 fully saturated rings. The van der Waals surface area contributed by atoms with E-state index in [1.54, 1.807) is 12.1 Å². The molecule has 0 amide bonds. The van der Waals surface area contributed by atoms with Crippen LogP contribution in [0.4, 0.5) is 26.3 Å². The Hall–Kier alpha value is -3.68. The number of hydrogen-bond acceptors (Lipinski definition) is 2. The van der Waals surface area contributed by atoms with Gasteiger partial charge in [-0.2, -0.15) is 27.5 Å². The van der Waals surface area contributed by atoms with Crippen molar-refractivity contribution in [2.75, 3.05) is 0 Å². The van der Waals surface area contributed by atoms with E-state index in [0.29, 0.717) is 11.1 Å². The average molecular weight is 709 g/mol. The predicted molar refractivity (Wildman–Crippen MR) is 191 cm³/mol. The van der Waals surface area contributed by atoms with Crippen LogP contribution >= 0.6 is 0 Å². The zero-order valence-electron chi connectivity index (χ0n) is 29.9. The molecule has 2 aromatic heterocycles. The normalized spacial score (nSPS) is 20.5. The Morgan fingerprint density at radius 2 is 0.804 bits per heavy atom. The smallest absolute Gasteiger partial charge is 0.207 e. The second-order valence-electron chi connectivity index (χ2n) is 14.4. The van der Waals surface area contributed by atoms with Crippen molar-refractivity contribution in [3.05, 3.63) is 129 Å². The summed E-state index contributed by atoms with van der Waals surface area (Å²) in [5.41, 5.74) is 4.63. The minimum absolute atomic E-state index is 0.0377. The molecule has 0 spiro atoms. The molecule has 6 rings (SSSR count). The fraction of sp³-hybridized carbons (Fsp3) is 0.488. The van der Waals surface area contributed by atoms with Crippen molar-refractivity contribution in [3.8, 4) is 0 Å². The Kier molecular flexibility index (Phi) is 14.1. The van der Waals surface area contributed by atoms with Crippen LogP contribution in [0, 0.1) is 35.4 Å². The second kappa shape index (κ2) is 18.7.